The van der Waals surface area contributed by atoms with Crippen molar-refractivity contribution in [1.29, 1.82) is 0 Å². The molecule has 0 unspecified atom stereocenters. The Bertz CT molecular complexity index is 971. The summed E-state index contributed by atoms with van der Waals surface area (Å²) in [7, 11) is 0. The van der Waals surface area contributed by atoms with Gasteiger partial charge >= 0.3 is 0 Å². The summed E-state index contributed by atoms with van der Waals surface area (Å²) in [6.45, 7) is 3.04. The van der Waals surface area contributed by atoms with Crippen molar-refractivity contribution in [3.8, 4) is 23.1 Å². The van der Waals surface area contributed by atoms with Crippen LogP contribution in [0.4, 0.5) is 0 Å². The maximum absolute atomic E-state index is 8.79. The molecule has 28 heavy (non-hydrogen) atoms. The first kappa shape index (κ1) is 18.4. The van der Waals surface area contributed by atoms with Gasteiger partial charge in [0.1, 0.15) is 6.61 Å². The lowest BCUT2D eigenvalue weighted by Crippen LogP contribution is -2.19. The van der Waals surface area contributed by atoms with E-state index in [-0.39, 0.29) is 6.61 Å². The van der Waals surface area contributed by atoms with Gasteiger partial charge in [-0.05, 0) is 54.3 Å². The molecule has 1 aliphatic heterocycles. The predicted molar refractivity (Wildman–Crippen MR) is 113 cm³/mol. The zero-order chi connectivity index (χ0) is 19.2. The molecule has 0 aliphatic carbocycles. The van der Waals surface area contributed by atoms with Gasteiger partial charge in [-0.1, -0.05) is 54.3 Å². The standard InChI is InChI=1S/C25H24N2O/c28-16-4-5-20-8-10-21(11-9-20)18-27-15-13-24(19-27)23-12-14-26-25(17-23)22-6-2-1-3-7-22/h1-3,6-12,14,17,24,28H,13,15-16,18-19H2/t24-/m0/s1. The summed E-state index contributed by atoms with van der Waals surface area (Å²) in [6.07, 6.45) is 3.12. The van der Waals surface area contributed by atoms with Crippen molar-refractivity contribution in [2.75, 3.05) is 19.7 Å². The molecule has 2 heterocycles. The van der Waals surface area contributed by atoms with Crippen LogP contribution in [0.25, 0.3) is 11.3 Å². The van der Waals surface area contributed by atoms with Crippen molar-refractivity contribution in [1.82, 2.24) is 9.88 Å². The van der Waals surface area contributed by atoms with Crippen molar-refractivity contribution in [3.05, 3.63) is 89.6 Å². The van der Waals surface area contributed by atoms with Gasteiger partial charge in [0.15, 0.2) is 0 Å². The highest BCUT2D eigenvalue weighted by Gasteiger charge is 2.24. The maximum atomic E-state index is 8.79. The number of aromatic nitrogens is 1. The quantitative estimate of drug-likeness (QED) is 0.705. The van der Waals surface area contributed by atoms with Crippen LogP contribution in [0.15, 0.2) is 72.9 Å². The van der Waals surface area contributed by atoms with E-state index >= 15 is 0 Å². The van der Waals surface area contributed by atoms with E-state index in [1.165, 1.54) is 23.1 Å². The number of pyridine rings is 1. The van der Waals surface area contributed by atoms with Gasteiger partial charge in [-0.3, -0.25) is 9.88 Å². The van der Waals surface area contributed by atoms with E-state index in [1.807, 2.05) is 24.4 Å². The summed E-state index contributed by atoms with van der Waals surface area (Å²) < 4.78 is 0. The minimum atomic E-state index is -0.0993. The molecule has 0 bridgehead atoms. The Labute approximate surface area is 166 Å². The van der Waals surface area contributed by atoms with Gasteiger partial charge in [0.05, 0.1) is 5.69 Å². The second-order valence-corrected chi connectivity index (χ2v) is 7.22. The van der Waals surface area contributed by atoms with E-state index in [9.17, 15) is 0 Å². The molecule has 0 saturated carbocycles. The van der Waals surface area contributed by atoms with Gasteiger partial charge in [0.2, 0.25) is 0 Å². The average molecular weight is 368 g/mol. The first-order valence-corrected chi connectivity index (χ1v) is 9.74. The Morgan fingerprint density at radius 3 is 2.64 bits per heavy atom. The smallest absolute Gasteiger partial charge is 0.104 e. The third-order valence-corrected chi connectivity index (χ3v) is 5.27. The zero-order valence-electron chi connectivity index (χ0n) is 15.9. The van der Waals surface area contributed by atoms with Crippen LogP contribution in [0.5, 0.6) is 0 Å². The normalized spacial score (nSPS) is 16.5. The van der Waals surface area contributed by atoms with Crippen molar-refractivity contribution in [2.24, 2.45) is 0 Å². The zero-order valence-corrected chi connectivity index (χ0v) is 15.9. The Morgan fingerprint density at radius 1 is 1.04 bits per heavy atom. The largest absolute Gasteiger partial charge is 0.384 e. The third-order valence-electron chi connectivity index (χ3n) is 5.27. The monoisotopic (exact) mass is 368 g/mol. The van der Waals surface area contributed by atoms with Gasteiger partial charge in [-0.2, -0.15) is 0 Å². The molecule has 1 aliphatic rings. The number of benzene rings is 2. The Balaban J connectivity index is 1.40. The lowest BCUT2D eigenvalue weighted by Gasteiger charge is -2.16. The number of nitrogens with zero attached hydrogens (tertiary/aromatic N) is 2. The fourth-order valence-corrected chi connectivity index (χ4v) is 3.81. The molecular formula is C25H24N2O. The minimum absolute atomic E-state index is 0.0993. The lowest BCUT2D eigenvalue weighted by molar-refractivity contribution is 0.327. The van der Waals surface area contributed by atoms with Crippen LogP contribution in [0.1, 0.15) is 29.0 Å². The number of aliphatic hydroxyl groups is 1. The van der Waals surface area contributed by atoms with Gasteiger partial charge in [0.25, 0.3) is 0 Å². The van der Waals surface area contributed by atoms with E-state index in [1.54, 1.807) is 0 Å². The second-order valence-electron chi connectivity index (χ2n) is 7.22. The molecule has 1 saturated heterocycles. The number of likely N-dealkylation sites (tertiary alicyclic amines) is 1. The summed E-state index contributed by atoms with van der Waals surface area (Å²) >= 11 is 0. The van der Waals surface area contributed by atoms with Crippen LogP contribution < -0.4 is 0 Å². The van der Waals surface area contributed by atoms with Crippen molar-refractivity contribution >= 4 is 0 Å². The first-order chi connectivity index (χ1) is 13.8. The molecule has 3 heteroatoms. The molecule has 1 aromatic heterocycles. The van der Waals surface area contributed by atoms with E-state index < -0.39 is 0 Å². The number of rotatable bonds is 4. The molecule has 3 aromatic rings. The van der Waals surface area contributed by atoms with Crippen LogP contribution >= 0.6 is 0 Å². The van der Waals surface area contributed by atoms with Gasteiger partial charge in [-0.25, -0.2) is 0 Å². The molecule has 1 atom stereocenters. The Kier molecular flexibility index (Phi) is 5.82. The minimum Gasteiger partial charge on any atom is -0.384 e. The molecule has 140 valence electrons. The van der Waals surface area contributed by atoms with Crippen LogP contribution in [0.3, 0.4) is 0 Å². The summed E-state index contributed by atoms with van der Waals surface area (Å²) in [4.78, 5) is 7.07. The molecule has 1 fully saturated rings. The molecule has 0 spiro atoms. The van der Waals surface area contributed by atoms with Crippen LogP contribution in [0, 0.1) is 11.8 Å². The predicted octanol–water partition coefficient (Wildman–Crippen LogP) is 4.08. The molecule has 1 N–H and O–H groups in total. The molecule has 0 radical (unpaired) electrons. The van der Waals surface area contributed by atoms with Crippen LogP contribution in [0.2, 0.25) is 0 Å². The first-order valence-electron chi connectivity index (χ1n) is 9.74. The van der Waals surface area contributed by atoms with Crippen molar-refractivity contribution in [2.45, 2.75) is 18.9 Å². The van der Waals surface area contributed by atoms with Crippen LogP contribution in [-0.4, -0.2) is 34.7 Å². The SMILES string of the molecule is OCC#Cc1ccc(CN2CC[C@H](c3ccnc(-c4ccccc4)c3)C2)cc1. The summed E-state index contributed by atoms with van der Waals surface area (Å²) in [5, 5.41) is 8.79. The third kappa shape index (κ3) is 4.48. The molecule has 2 aromatic carbocycles. The van der Waals surface area contributed by atoms with Gasteiger partial charge in [0, 0.05) is 30.4 Å². The highest BCUT2D eigenvalue weighted by molar-refractivity contribution is 5.59. The Morgan fingerprint density at radius 2 is 1.86 bits per heavy atom. The fraction of sp³-hybridized carbons (Fsp3) is 0.240. The molecule has 0 amide bonds. The van der Waals surface area contributed by atoms with Gasteiger partial charge < -0.3 is 5.11 Å². The molecule has 4 rings (SSSR count). The lowest BCUT2D eigenvalue weighted by atomic mass is 9.97. The maximum Gasteiger partial charge on any atom is 0.104 e. The van der Waals surface area contributed by atoms with E-state index in [0.29, 0.717) is 5.92 Å². The van der Waals surface area contributed by atoms with E-state index in [2.05, 4.69) is 70.3 Å². The molecule has 3 nitrogen and oxygen atoms in total. The van der Waals surface area contributed by atoms with Crippen molar-refractivity contribution in [3.63, 3.8) is 0 Å². The Hall–Kier alpha value is -2.93. The average Bonchev–Trinajstić information content (AvgIpc) is 3.22. The number of aliphatic hydroxyl groups excluding tert-OH is 1. The van der Waals surface area contributed by atoms with Gasteiger partial charge in [-0.15, -0.1) is 0 Å². The summed E-state index contributed by atoms with van der Waals surface area (Å²) in [5.41, 5.74) is 5.85. The highest BCUT2D eigenvalue weighted by Crippen LogP contribution is 2.30. The highest BCUT2D eigenvalue weighted by atomic mass is 16.2. The summed E-state index contributed by atoms with van der Waals surface area (Å²) in [6, 6.07) is 23.1. The summed E-state index contributed by atoms with van der Waals surface area (Å²) in [5.74, 6) is 6.19. The molecular weight excluding hydrogens is 344 g/mol. The topological polar surface area (TPSA) is 36.4 Å². The van der Waals surface area contributed by atoms with E-state index in [0.717, 1.165) is 30.9 Å². The number of hydrogen-bond acceptors (Lipinski definition) is 3. The van der Waals surface area contributed by atoms with Crippen molar-refractivity contribution < 1.29 is 5.11 Å². The van der Waals surface area contributed by atoms with Crippen LogP contribution in [-0.2, 0) is 6.54 Å². The van der Waals surface area contributed by atoms with E-state index in [4.69, 9.17) is 5.11 Å². The number of hydrogen-bond donors (Lipinski definition) is 1. The fourth-order valence-electron chi connectivity index (χ4n) is 3.81. The second kappa shape index (κ2) is 8.84.